The summed E-state index contributed by atoms with van der Waals surface area (Å²) in [5.74, 6) is -0.171. The number of carbonyl (C=O) groups is 2. The van der Waals surface area contributed by atoms with Gasteiger partial charge in [0.2, 0.25) is 6.79 Å². The molecule has 102 valence electrons. The molecule has 0 bridgehead atoms. The van der Waals surface area contributed by atoms with Gasteiger partial charge in [0, 0.05) is 12.1 Å². The van der Waals surface area contributed by atoms with Crippen LogP contribution in [0.4, 0.5) is 0 Å². The molecule has 0 saturated carbocycles. The van der Waals surface area contributed by atoms with Gasteiger partial charge in [-0.15, -0.1) is 0 Å². The van der Waals surface area contributed by atoms with E-state index >= 15 is 0 Å². The lowest BCUT2D eigenvalue weighted by molar-refractivity contribution is -0.142. The largest absolute Gasteiger partial charge is 0.480 e. The summed E-state index contributed by atoms with van der Waals surface area (Å²) in [5.41, 5.74) is 0.447. The van der Waals surface area contributed by atoms with Gasteiger partial charge in [-0.1, -0.05) is 0 Å². The first-order valence-corrected chi connectivity index (χ1v) is 5.64. The molecule has 0 fully saturated rings. The topological polar surface area (TPSA) is 94.1 Å². The first kappa shape index (κ1) is 13.2. The Hall–Kier alpha value is -2.28. The molecule has 1 amide bonds. The number of hydrogen-bond donors (Lipinski definition) is 2. The van der Waals surface area contributed by atoms with Gasteiger partial charge in [-0.05, 0) is 18.2 Å². The molecule has 0 spiro atoms. The van der Waals surface area contributed by atoms with E-state index in [9.17, 15) is 9.59 Å². The summed E-state index contributed by atoms with van der Waals surface area (Å²) in [5, 5.41) is 11.0. The molecule has 2 N–H and O–H groups in total. The van der Waals surface area contributed by atoms with Crippen molar-refractivity contribution in [1.29, 1.82) is 0 Å². The van der Waals surface area contributed by atoms with Crippen molar-refractivity contribution in [2.75, 3.05) is 26.6 Å². The van der Waals surface area contributed by atoms with Gasteiger partial charge in [-0.25, -0.2) is 4.79 Å². The van der Waals surface area contributed by atoms with E-state index < -0.39 is 5.97 Å². The maximum absolute atomic E-state index is 11.8. The summed E-state index contributed by atoms with van der Waals surface area (Å²) >= 11 is 0. The molecule has 1 aliphatic rings. The van der Waals surface area contributed by atoms with Crippen LogP contribution in [0.3, 0.4) is 0 Å². The Bertz CT molecular complexity index is 487. The van der Waals surface area contributed by atoms with Crippen molar-refractivity contribution in [1.82, 2.24) is 5.32 Å². The third kappa shape index (κ3) is 3.59. The minimum Gasteiger partial charge on any atom is -0.480 e. The summed E-state index contributed by atoms with van der Waals surface area (Å²) in [6, 6.07) is 4.88. The van der Waals surface area contributed by atoms with Gasteiger partial charge in [0.1, 0.15) is 6.61 Å². The van der Waals surface area contributed by atoms with Crippen molar-refractivity contribution in [3.63, 3.8) is 0 Å². The number of nitrogens with one attached hydrogen (secondary N) is 1. The van der Waals surface area contributed by atoms with E-state index in [-0.39, 0.29) is 32.5 Å². The van der Waals surface area contributed by atoms with Gasteiger partial charge < -0.3 is 24.6 Å². The molecule has 0 aliphatic carbocycles. The van der Waals surface area contributed by atoms with Crippen LogP contribution < -0.4 is 14.8 Å². The SMILES string of the molecule is O=C(O)COCCNC(=O)c1ccc2c(c1)OCO2. The smallest absolute Gasteiger partial charge is 0.329 e. The number of ether oxygens (including phenoxy) is 3. The molecule has 1 aromatic carbocycles. The molecule has 0 saturated heterocycles. The van der Waals surface area contributed by atoms with Gasteiger partial charge in [0.05, 0.1) is 6.61 Å². The monoisotopic (exact) mass is 267 g/mol. The van der Waals surface area contributed by atoms with E-state index in [0.717, 1.165) is 0 Å². The Morgan fingerprint density at radius 1 is 1.32 bits per heavy atom. The first-order valence-electron chi connectivity index (χ1n) is 5.64. The average molecular weight is 267 g/mol. The minimum absolute atomic E-state index is 0.141. The average Bonchev–Trinajstić information content (AvgIpc) is 2.84. The third-order valence-corrected chi connectivity index (χ3v) is 2.39. The highest BCUT2D eigenvalue weighted by molar-refractivity contribution is 5.94. The zero-order chi connectivity index (χ0) is 13.7. The molecule has 1 aromatic rings. The van der Waals surface area contributed by atoms with Crippen LogP contribution in [0.15, 0.2) is 18.2 Å². The van der Waals surface area contributed by atoms with Crippen LogP contribution in [0.25, 0.3) is 0 Å². The van der Waals surface area contributed by atoms with Crippen LogP contribution in [0.2, 0.25) is 0 Å². The van der Waals surface area contributed by atoms with Crippen LogP contribution >= 0.6 is 0 Å². The first-order chi connectivity index (χ1) is 9.16. The van der Waals surface area contributed by atoms with E-state index in [1.807, 2.05) is 0 Å². The number of carbonyl (C=O) groups excluding carboxylic acids is 1. The lowest BCUT2D eigenvalue weighted by Crippen LogP contribution is -2.27. The normalized spacial score (nSPS) is 12.2. The fourth-order valence-corrected chi connectivity index (χ4v) is 1.54. The Labute approximate surface area is 109 Å². The van der Waals surface area contributed by atoms with E-state index in [4.69, 9.17) is 19.3 Å². The number of carboxylic acid groups (broad SMARTS) is 1. The van der Waals surface area contributed by atoms with E-state index in [2.05, 4.69) is 5.32 Å². The van der Waals surface area contributed by atoms with Gasteiger partial charge in [0.25, 0.3) is 5.91 Å². The summed E-state index contributed by atoms with van der Waals surface area (Å²) < 4.78 is 15.1. The van der Waals surface area contributed by atoms with Gasteiger partial charge >= 0.3 is 5.97 Å². The lowest BCUT2D eigenvalue weighted by atomic mass is 10.2. The number of benzene rings is 1. The number of hydrogen-bond acceptors (Lipinski definition) is 5. The Morgan fingerprint density at radius 2 is 2.11 bits per heavy atom. The molecule has 19 heavy (non-hydrogen) atoms. The highest BCUT2D eigenvalue weighted by atomic mass is 16.7. The van der Waals surface area contributed by atoms with E-state index in [1.54, 1.807) is 18.2 Å². The molecule has 7 heteroatoms. The second kappa shape index (κ2) is 6.05. The summed E-state index contributed by atoms with van der Waals surface area (Å²) in [6.45, 7) is 0.159. The summed E-state index contributed by atoms with van der Waals surface area (Å²) in [7, 11) is 0. The standard InChI is InChI=1S/C12H13NO6/c14-11(15)6-17-4-3-13-12(16)8-1-2-9-10(5-8)19-7-18-9/h1-2,5H,3-4,6-7H2,(H,13,16)(H,14,15). The number of fused-ring (bicyclic) bond motifs is 1. The predicted octanol–water partition coefficient (Wildman–Crippen LogP) is 0.246. The van der Waals surface area contributed by atoms with Crippen LogP contribution in [0.5, 0.6) is 11.5 Å². The molecule has 1 heterocycles. The quantitative estimate of drug-likeness (QED) is 0.717. The van der Waals surface area contributed by atoms with E-state index in [1.165, 1.54) is 0 Å². The second-order valence-corrected chi connectivity index (χ2v) is 3.77. The number of amides is 1. The van der Waals surface area contributed by atoms with Crippen LogP contribution in [-0.4, -0.2) is 43.5 Å². The maximum Gasteiger partial charge on any atom is 0.329 e. The summed E-state index contributed by atoms with van der Waals surface area (Å²) in [6.07, 6.45) is 0. The molecule has 0 unspecified atom stereocenters. The van der Waals surface area contributed by atoms with Crippen molar-refractivity contribution >= 4 is 11.9 Å². The van der Waals surface area contributed by atoms with Crippen LogP contribution in [0, 0.1) is 0 Å². The van der Waals surface area contributed by atoms with Crippen molar-refractivity contribution in [2.24, 2.45) is 0 Å². The Balaban J connectivity index is 1.78. The van der Waals surface area contributed by atoms with Crippen molar-refractivity contribution < 1.29 is 28.9 Å². The van der Waals surface area contributed by atoms with Crippen LogP contribution in [0.1, 0.15) is 10.4 Å². The molecule has 2 rings (SSSR count). The van der Waals surface area contributed by atoms with E-state index in [0.29, 0.717) is 17.1 Å². The Kier molecular flexibility index (Phi) is 4.19. The number of aliphatic carboxylic acids is 1. The molecule has 0 radical (unpaired) electrons. The molecule has 1 aliphatic heterocycles. The number of rotatable bonds is 6. The predicted molar refractivity (Wildman–Crippen MR) is 63.4 cm³/mol. The van der Waals surface area contributed by atoms with Crippen molar-refractivity contribution in [2.45, 2.75) is 0 Å². The molecule has 0 aromatic heterocycles. The highest BCUT2D eigenvalue weighted by Crippen LogP contribution is 2.32. The molecule has 7 nitrogen and oxygen atoms in total. The minimum atomic E-state index is -1.04. The third-order valence-electron chi connectivity index (χ3n) is 2.39. The van der Waals surface area contributed by atoms with Crippen LogP contribution in [-0.2, 0) is 9.53 Å². The molecular weight excluding hydrogens is 254 g/mol. The highest BCUT2D eigenvalue weighted by Gasteiger charge is 2.15. The molecule has 0 atom stereocenters. The maximum atomic E-state index is 11.8. The fourth-order valence-electron chi connectivity index (χ4n) is 1.54. The lowest BCUT2D eigenvalue weighted by Gasteiger charge is -2.06. The van der Waals surface area contributed by atoms with Gasteiger partial charge in [-0.3, -0.25) is 4.79 Å². The summed E-state index contributed by atoms with van der Waals surface area (Å²) in [4.78, 5) is 22.0. The fraction of sp³-hybridized carbons (Fsp3) is 0.333. The van der Waals surface area contributed by atoms with Crippen molar-refractivity contribution in [3.05, 3.63) is 23.8 Å². The zero-order valence-corrected chi connectivity index (χ0v) is 10.0. The zero-order valence-electron chi connectivity index (χ0n) is 10.0. The van der Waals surface area contributed by atoms with Crippen molar-refractivity contribution in [3.8, 4) is 11.5 Å². The van der Waals surface area contributed by atoms with Gasteiger partial charge in [0.15, 0.2) is 11.5 Å². The Morgan fingerprint density at radius 3 is 2.89 bits per heavy atom. The second-order valence-electron chi connectivity index (χ2n) is 3.77. The molecular formula is C12H13NO6. The number of carboxylic acids is 1. The van der Waals surface area contributed by atoms with Gasteiger partial charge in [-0.2, -0.15) is 0 Å².